The highest BCUT2D eigenvalue weighted by atomic mass is 16.6. The zero-order valence-corrected chi connectivity index (χ0v) is 20.2. The van der Waals surface area contributed by atoms with E-state index in [9.17, 15) is 5.11 Å². The van der Waals surface area contributed by atoms with E-state index >= 15 is 0 Å². The molecule has 3 aromatic carbocycles. The third kappa shape index (κ3) is 4.20. The molecule has 1 aliphatic heterocycles. The summed E-state index contributed by atoms with van der Waals surface area (Å²) in [5.74, 6) is 2.03. The van der Waals surface area contributed by atoms with Crippen molar-refractivity contribution in [2.75, 3.05) is 7.11 Å². The smallest absolute Gasteiger partial charge is 0.228 e. The molecule has 0 amide bonds. The molecule has 0 radical (unpaired) electrons. The van der Waals surface area contributed by atoms with Crippen LogP contribution >= 0.6 is 0 Å². The SMILES string of the molecule is COc1ccc(C2c3ccc(O)cc3Oc3ncn4nc(CO/N=C(/C)c5ccccc5)nc4c32)cc1. The van der Waals surface area contributed by atoms with E-state index in [1.165, 1.54) is 0 Å². The first-order valence-corrected chi connectivity index (χ1v) is 11.7. The maximum absolute atomic E-state index is 10.1. The van der Waals surface area contributed by atoms with Crippen molar-refractivity contribution in [3.63, 3.8) is 0 Å². The van der Waals surface area contributed by atoms with Crippen LogP contribution in [-0.4, -0.2) is 37.5 Å². The molecule has 1 aliphatic rings. The van der Waals surface area contributed by atoms with Crippen LogP contribution in [0.5, 0.6) is 23.1 Å². The molecule has 9 heteroatoms. The summed E-state index contributed by atoms with van der Waals surface area (Å²) in [7, 11) is 1.63. The molecule has 5 aromatic rings. The van der Waals surface area contributed by atoms with Gasteiger partial charge in [0.1, 0.15) is 23.6 Å². The topological polar surface area (TPSA) is 103 Å². The summed E-state index contributed by atoms with van der Waals surface area (Å²) in [5, 5.41) is 18.8. The molecule has 184 valence electrons. The van der Waals surface area contributed by atoms with Crippen molar-refractivity contribution in [1.82, 2.24) is 19.6 Å². The van der Waals surface area contributed by atoms with Gasteiger partial charge in [0.15, 0.2) is 18.1 Å². The average molecular weight is 494 g/mol. The van der Waals surface area contributed by atoms with Gasteiger partial charge in [-0.15, -0.1) is 5.10 Å². The van der Waals surface area contributed by atoms with Crippen LogP contribution in [0.25, 0.3) is 5.65 Å². The number of hydrogen-bond donors (Lipinski definition) is 1. The highest BCUT2D eigenvalue weighted by molar-refractivity contribution is 5.98. The van der Waals surface area contributed by atoms with Crippen molar-refractivity contribution in [2.24, 2.45) is 5.16 Å². The number of aromatic hydroxyl groups is 1. The van der Waals surface area contributed by atoms with Crippen LogP contribution in [0.1, 0.15) is 40.9 Å². The van der Waals surface area contributed by atoms with Crippen LogP contribution in [-0.2, 0) is 11.4 Å². The van der Waals surface area contributed by atoms with Gasteiger partial charge in [0.25, 0.3) is 0 Å². The van der Waals surface area contributed by atoms with Gasteiger partial charge < -0.3 is 19.4 Å². The molecule has 2 aromatic heterocycles. The molecule has 9 nitrogen and oxygen atoms in total. The van der Waals surface area contributed by atoms with Gasteiger partial charge in [-0.1, -0.05) is 53.7 Å². The summed E-state index contributed by atoms with van der Waals surface area (Å²) in [4.78, 5) is 14.8. The van der Waals surface area contributed by atoms with Gasteiger partial charge in [-0.3, -0.25) is 0 Å². The number of nitrogens with zero attached hydrogens (tertiary/aromatic N) is 5. The molecular weight excluding hydrogens is 470 g/mol. The Labute approximate surface area is 212 Å². The molecule has 0 saturated heterocycles. The van der Waals surface area contributed by atoms with E-state index in [0.29, 0.717) is 23.1 Å². The second-order valence-corrected chi connectivity index (χ2v) is 8.61. The molecular formula is C28H23N5O4. The second kappa shape index (κ2) is 9.27. The van der Waals surface area contributed by atoms with Gasteiger partial charge in [-0.2, -0.15) is 0 Å². The summed E-state index contributed by atoms with van der Waals surface area (Å²) in [6.07, 6.45) is 1.56. The maximum Gasteiger partial charge on any atom is 0.228 e. The fourth-order valence-electron chi connectivity index (χ4n) is 4.47. The Morgan fingerprint density at radius 2 is 1.89 bits per heavy atom. The van der Waals surface area contributed by atoms with Gasteiger partial charge in [0.05, 0.1) is 18.4 Å². The van der Waals surface area contributed by atoms with Crippen molar-refractivity contribution in [3.05, 3.63) is 107 Å². The molecule has 0 aliphatic carbocycles. The van der Waals surface area contributed by atoms with Gasteiger partial charge in [0.2, 0.25) is 5.88 Å². The summed E-state index contributed by atoms with van der Waals surface area (Å²) in [6, 6.07) is 22.7. The van der Waals surface area contributed by atoms with Crippen molar-refractivity contribution in [3.8, 4) is 23.1 Å². The Balaban J connectivity index is 1.39. The first-order chi connectivity index (χ1) is 18.1. The monoisotopic (exact) mass is 493 g/mol. The fraction of sp³-hybridized carbons (Fsp3) is 0.143. The van der Waals surface area contributed by atoms with Crippen molar-refractivity contribution >= 4 is 11.4 Å². The molecule has 1 atom stereocenters. The van der Waals surface area contributed by atoms with Crippen LogP contribution in [0.4, 0.5) is 0 Å². The Bertz CT molecular complexity index is 1610. The van der Waals surface area contributed by atoms with E-state index < -0.39 is 0 Å². The minimum absolute atomic E-state index is 0.0964. The molecule has 0 spiro atoms. The van der Waals surface area contributed by atoms with Crippen LogP contribution in [0.2, 0.25) is 0 Å². The lowest BCUT2D eigenvalue weighted by atomic mass is 9.84. The third-order valence-electron chi connectivity index (χ3n) is 6.27. The molecule has 0 bridgehead atoms. The fourth-order valence-corrected chi connectivity index (χ4v) is 4.47. The van der Waals surface area contributed by atoms with Crippen LogP contribution < -0.4 is 9.47 Å². The van der Waals surface area contributed by atoms with Gasteiger partial charge in [0, 0.05) is 17.5 Å². The number of oxime groups is 1. The first-order valence-electron chi connectivity index (χ1n) is 11.7. The van der Waals surface area contributed by atoms with Crippen LogP contribution in [0, 0.1) is 0 Å². The Morgan fingerprint density at radius 3 is 2.68 bits per heavy atom. The summed E-state index contributed by atoms with van der Waals surface area (Å²) < 4.78 is 13.1. The number of ether oxygens (including phenoxy) is 2. The van der Waals surface area contributed by atoms with Gasteiger partial charge in [-0.25, -0.2) is 14.5 Å². The summed E-state index contributed by atoms with van der Waals surface area (Å²) >= 11 is 0. The summed E-state index contributed by atoms with van der Waals surface area (Å²) in [5.41, 5.74) is 5.00. The number of benzene rings is 3. The Hall–Kier alpha value is -4.92. The minimum atomic E-state index is -0.252. The normalized spacial score (nSPS) is 14.5. The number of phenols is 1. The number of rotatable bonds is 6. The Kier molecular flexibility index (Phi) is 5.65. The number of methoxy groups -OCH3 is 1. The van der Waals surface area contributed by atoms with E-state index in [2.05, 4.69) is 15.2 Å². The van der Waals surface area contributed by atoms with Gasteiger partial charge >= 0.3 is 0 Å². The zero-order valence-electron chi connectivity index (χ0n) is 20.2. The standard InChI is InChI=1S/C28H23N5O4/c1-17(18-6-4-3-5-7-18)32-36-15-24-30-27-26-25(19-8-11-21(35-2)12-9-19)22-13-10-20(34)14-23(22)37-28(26)29-16-33(27)31-24/h3-14,16,25,34H,15H2,1-2H3/b32-17-. The quantitative estimate of drug-likeness (QED) is 0.255. The maximum atomic E-state index is 10.1. The molecule has 3 heterocycles. The predicted molar refractivity (Wildman–Crippen MR) is 136 cm³/mol. The van der Waals surface area contributed by atoms with Crippen LogP contribution in [0.15, 0.2) is 84.3 Å². The van der Waals surface area contributed by atoms with Crippen LogP contribution in [0.3, 0.4) is 0 Å². The van der Waals surface area contributed by atoms with E-state index in [4.69, 9.17) is 19.3 Å². The molecule has 37 heavy (non-hydrogen) atoms. The predicted octanol–water partition coefficient (Wildman–Crippen LogP) is 5.07. The number of hydrogen-bond acceptors (Lipinski definition) is 8. The van der Waals surface area contributed by atoms with E-state index in [0.717, 1.165) is 33.7 Å². The van der Waals surface area contributed by atoms with E-state index in [1.54, 1.807) is 30.1 Å². The lowest BCUT2D eigenvalue weighted by Gasteiger charge is -2.28. The van der Waals surface area contributed by atoms with E-state index in [1.807, 2.05) is 67.6 Å². The summed E-state index contributed by atoms with van der Waals surface area (Å²) in [6.45, 7) is 1.98. The van der Waals surface area contributed by atoms with Crippen molar-refractivity contribution in [1.29, 1.82) is 0 Å². The zero-order chi connectivity index (χ0) is 25.4. The van der Waals surface area contributed by atoms with Crippen molar-refractivity contribution < 1.29 is 19.4 Å². The van der Waals surface area contributed by atoms with E-state index in [-0.39, 0.29) is 18.3 Å². The largest absolute Gasteiger partial charge is 0.508 e. The third-order valence-corrected chi connectivity index (χ3v) is 6.27. The lowest BCUT2D eigenvalue weighted by Crippen LogP contribution is -2.15. The molecule has 1 N–H and O–H groups in total. The van der Waals surface area contributed by atoms with Gasteiger partial charge in [-0.05, 0) is 36.2 Å². The molecule has 0 saturated carbocycles. The molecule has 1 unspecified atom stereocenters. The Morgan fingerprint density at radius 1 is 1.08 bits per heavy atom. The second-order valence-electron chi connectivity index (χ2n) is 8.61. The lowest BCUT2D eigenvalue weighted by molar-refractivity contribution is 0.125. The molecule has 0 fully saturated rings. The highest BCUT2D eigenvalue weighted by Gasteiger charge is 2.33. The number of fused-ring (bicyclic) bond motifs is 4. The minimum Gasteiger partial charge on any atom is -0.508 e. The first kappa shape index (κ1) is 22.5. The highest BCUT2D eigenvalue weighted by Crippen LogP contribution is 2.48. The number of aromatic nitrogens is 4. The van der Waals surface area contributed by atoms with Crippen molar-refractivity contribution in [2.45, 2.75) is 19.4 Å². The average Bonchev–Trinajstić information content (AvgIpc) is 3.35. The number of phenolic OH excluding ortho intramolecular Hbond substituents is 1. The molecule has 6 rings (SSSR count).